The normalized spacial score (nSPS) is 13.0. The summed E-state index contributed by atoms with van der Waals surface area (Å²) in [6.07, 6.45) is 2.19. The van der Waals surface area contributed by atoms with Crippen LogP contribution in [-0.4, -0.2) is 17.1 Å². The quantitative estimate of drug-likeness (QED) is 0.815. The van der Waals surface area contributed by atoms with Crippen molar-refractivity contribution in [3.8, 4) is 0 Å². The molecule has 22 heavy (non-hydrogen) atoms. The van der Waals surface area contributed by atoms with Crippen LogP contribution in [-0.2, 0) is 24.1 Å². The van der Waals surface area contributed by atoms with E-state index in [2.05, 4.69) is 0 Å². The Kier molecular flexibility index (Phi) is 4.09. The molecule has 0 amide bonds. The third kappa shape index (κ3) is 2.69. The fourth-order valence-corrected chi connectivity index (χ4v) is 3.00. The van der Waals surface area contributed by atoms with Gasteiger partial charge in [-0.15, -0.1) is 0 Å². The summed E-state index contributed by atoms with van der Waals surface area (Å²) in [5.41, 5.74) is 3.10. The van der Waals surface area contributed by atoms with Gasteiger partial charge in [0, 0.05) is 24.2 Å². The Morgan fingerprint density at radius 1 is 1.27 bits per heavy atom. The number of ether oxygens (including phenoxy) is 1. The second kappa shape index (κ2) is 6.18. The molecule has 0 bridgehead atoms. The number of pyridine rings is 1. The zero-order chi connectivity index (χ0) is 15.5. The van der Waals surface area contributed by atoms with Gasteiger partial charge in [0.1, 0.15) is 0 Å². The third-order valence-electron chi connectivity index (χ3n) is 4.00. The molecule has 0 saturated heterocycles. The molecule has 1 aliphatic rings. The van der Waals surface area contributed by atoms with Crippen LogP contribution < -0.4 is 5.56 Å². The first kappa shape index (κ1) is 14.6. The second-order valence-electron chi connectivity index (χ2n) is 5.47. The molecular formula is C18H19NO3. The maximum absolute atomic E-state index is 12.6. The Hall–Kier alpha value is -2.36. The number of benzene rings is 1. The minimum atomic E-state index is -0.331. The highest BCUT2D eigenvalue weighted by atomic mass is 16.5. The number of carbonyl (C=O) groups is 1. The summed E-state index contributed by atoms with van der Waals surface area (Å²) in [6, 6.07) is 11.6. The van der Waals surface area contributed by atoms with Crippen LogP contribution in [0.1, 0.15) is 40.5 Å². The van der Waals surface area contributed by atoms with Gasteiger partial charge in [-0.05, 0) is 31.4 Å². The number of nitrogens with zero attached hydrogens (tertiary/aromatic N) is 1. The number of hydrogen-bond acceptors (Lipinski definition) is 3. The van der Waals surface area contributed by atoms with Gasteiger partial charge < -0.3 is 9.30 Å². The summed E-state index contributed by atoms with van der Waals surface area (Å²) in [5.74, 6) is -0.331. The lowest BCUT2D eigenvalue weighted by atomic mass is 10.0. The lowest BCUT2D eigenvalue weighted by Crippen LogP contribution is -2.26. The van der Waals surface area contributed by atoms with E-state index in [0.29, 0.717) is 30.7 Å². The van der Waals surface area contributed by atoms with Gasteiger partial charge in [-0.1, -0.05) is 30.3 Å². The number of esters is 1. The summed E-state index contributed by atoms with van der Waals surface area (Å²) in [4.78, 5) is 24.8. The highest BCUT2D eigenvalue weighted by Crippen LogP contribution is 2.20. The second-order valence-corrected chi connectivity index (χ2v) is 5.47. The average Bonchev–Trinajstić information content (AvgIpc) is 3.01. The van der Waals surface area contributed by atoms with E-state index < -0.39 is 0 Å². The molecule has 0 fully saturated rings. The number of fused-ring (bicyclic) bond motifs is 1. The lowest BCUT2D eigenvalue weighted by Gasteiger charge is -2.12. The molecular weight excluding hydrogens is 278 g/mol. The van der Waals surface area contributed by atoms with Crippen molar-refractivity contribution in [1.29, 1.82) is 0 Å². The van der Waals surface area contributed by atoms with Crippen molar-refractivity contribution in [1.82, 2.24) is 4.57 Å². The number of aromatic nitrogens is 1. The smallest absolute Gasteiger partial charge is 0.339 e. The van der Waals surface area contributed by atoms with Crippen LogP contribution in [0.4, 0.5) is 0 Å². The van der Waals surface area contributed by atoms with Gasteiger partial charge in [0.15, 0.2) is 0 Å². The zero-order valence-electron chi connectivity index (χ0n) is 12.7. The fraction of sp³-hybridized carbons (Fsp3) is 0.333. The standard InChI is InChI=1S/C18H19NO3/c1-2-22-18(21)15-12-14(11-13-7-4-3-5-8-13)17(20)19-10-6-9-16(15)19/h3-5,7-8,12H,2,6,9-11H2,1H3. The van der Waals surface area contributed by atoms with Gasteiger partial charge in [0.05, 0.1) is 12.2 Å². The Labute approximate surface area is 129 Å². The summed E-state index contributed by atoms with van der Waals surface area (Å²) in [6.45, 7) is 2.81. The van der Waals surface area contributed by atoms with Gasteiger partial charge in [0.2, 0.25) is 0 Å². The molecule has 0 N–H and O–H groups in total. The predicted octanol–water partition coefficient (Wildman–Crippen LogP) is 2.56. The monoisotopic (exact) mass is 297 g/mol. The first-order chi connectivity index (χ1) is 10.7. The van der Waals surface area contributed by atoms with Crippen molar-refractivity contribution >= 4 is 5.97 Å². The molecule has 1 aromatic carbocycles. The van der Waals surface area contributed by atoms with E-state index in [9.17, 15) is 9.59 Å². The molecule has 0 atom stereocenters. The van der Waals surface area contributed by atoms with Crippen LogP contribution in [0.15, 0.2) is 41.2 Å². The van der Waals surface area contributed by atoms with Crippen molar-refractivity contribution in [3.05, 3.63) is 69.1 Å². The summed E-state index contributed by atoms with van der Waals surface area (Å²) >= 11 is 0. The van der Waals surface area contributed by atoms with E-state index in [1.807, 2.05) is 30.3 Å². The molecule has 2 aromatic rings. The van der Waals surface area contributed by atoms with Crippen LogP contribution in [0.5, 0.6) is 0 Å². The topological polar surface area (TPSA) is 48.3 Å². The van der Waals surface area contributed by atoms with Crippen LogP contribution in [0.3, 0.4) is 0 Å². The molecule has 3 rings (SSSR count). The van der Waals surface area contributed by atoms with Crippen molar-refractivity contribution in [3.63, 3.8) is 0 Å². The first-order valence-corrected chi connectivity index (χ1v) is 7.67. The third-order valence-corrected chi connectivity index (χ3v) is 4.00. The lowest BCUT2D eigenvalue weighted by molar-refractivity contribution is 0.0524. The van der Waals surface area contributed by atoms with Crippen LogP contribution >= 0.6 is 0 Å². The molecule has 0 saturated carbocycles. The van der Waals surface area contributed by atoms with Crippen molar-refractivity contribution < 1.29 is 9.53 Å². The molecule has 4 nitrogen and oxygen atoms in total. The average molecular weight is 297 g/mol. The van der Waals surface area contributed by atoms with Crippen LogP contribution in [0.25, 0.3) is 0 Å². The Bertz CT molecular complexity index is 747. The summed E-state index contributed by atoms with van der Waals surface area (Å²) in [7, 11) is 0. The maximum Gasteiger partial charge on any atom is 0.339 e. The highest BCUT2D eigenvalue weighted by Gasteiger charge is 2.23. The molecule has 1 aromatic heterocycles. The van der Waals surface area contributed by atoms with Crippen LogP contribution in [0.2, 0.25) is 0 Å². The van der Waals surface area contributed by atoms with Gasteiger partial charge in [-0.3, -0.25) is 4.79 Å². The van der Waals surface area contributed by atoms with E-state index >= 15 is 0 Å². The molecule has 2 heterocycles. The van der Waals surface area contributed by atoms with Crippen molar-refractivity contribution in [2.24, 2.45) is 0 Å². The first-order valence-electron chi connectivity index (χ1n) is 7.67. The number of hydrogen-bond donors (Lipinski definition) is 0. The predicted molar refractivity (Wildman–Crippen MR) is 84.2 cm³/mol. The summed E-state index contributed by atoms with van der Waals surface area (Å²) < 4.78 is 6.88. The van der Waals surface area contributed by atoms with E-state index in [-0.39, 0.29) is 11.5 Å². The largest absolute Gasteiger partial charge is 0.462 e. The molecule has 1 aliphatic heterocycles. The number of rotatable bonds is 4. The van der Waals surface area contributed by atoms with Crippen LogP contribution in [0, 0.1) is 0 Å². The Morgan fingerprint density at radius 2 is 2.05 bits per heavy atom. The van der Waals surface area contributed by atoms with Gasteiger partial charge >= 0.3 is 5.97 Å². The maximum atomic E-state index is 12.6. The molecule has 0 aliphatic carbocycles. The zero-order valence-corrected chi connectivity index (χ0v) is 12.7. The molecule has 4 heteroatoms. The molecule has 0 spiro atoms. The summed E-state index contributed by atoms with van der Waals surface area (Å²) in [5, 5.41) is 0. The van der Waals surface area contributed by atoms with Gasteiger partial charge in [0.25, 0.3) is 5.56 Å². The molecule has 0 radical (unpaired) electrons. The van der Waals surface area contributed by atoms with E-state index in [1.54, 1.807) is 17.6 Å². The minimum Gasteiger partial charge on any atom is -0.462 e. The Balaban J connectivity index is 2.05. The highest BCUT2D eigenvalue weighted by molar-refractivity contribution is 5.91. The van der Waals surface area contributed by atoms with E-state index in [0.717, 1.165) is 24.1 Å². The molecule has 114 valence electrons. The van der Waals surface area contributed by atoms with Crippen molar-refractivity contribution in [2.75, 3.05) is 6.61 Å². The van der Waals surface area contributed by atoms with E-state index in [4.69, 9.17) is 4.74 Å². The Morgan fingerprint density at radius 3 is 2.77 bits per heavy atom. The molecule has 0 unspecified atom stereocenters. The fourth-order valence-electron chi connectivity index (χ4n) is 3.00. The van der Waals surface area contributed by atoms with Gasteiger partial charge in [-0.25, -0.2) is 4.79 Å². The van der Waals surface area contributed by atoms with E-state index in [1.165, 1.54) is 0 Å². The van der Waals surface area contributed by atoms with Crippen molar-refractivity contribution in [2.45, 2.75) is 32.7 Å². The van der Waals surface area contributed by atoms with Gasteiger partial charge in [-0.2, -0.15) is 0 Å². The minimum absolute atomic E-state index is 0.0180. The number of carbonyl (C=O) groups excluding carboxylic acids is 1. The SMILES string of the molecule is CCOC(=O)c1cc(Cc2ccccc2)c(=O)n2c1CCC2.